The SMILES string of the molecule is CCOc1nc(NN)nc(N2CCCC(C)(C)C2)n1. The van der Waals surface area contributed by atoms with Crippen LogP contribution in [0.15, 0.2) is 0 Å². The first-order chi connectivity index (χ1) is 9.04. The second-order valence-electron chi connectivity index (χ2n) is 5.51. The minimum Gasteiger partial charge on any atom is -0.464 e. The summed E-state index contributed by atoms with van der Waals surface area (Å²) in [5.74, 6) is 6.34. The average molecular weight is 266 g/mol. The van der Waals surface area contributed by atoms with Gasteiger partial charge in [-0.05, 0) is 25.2 Å². The molecule has 0 aliphatic carbocycles. The Kier molecular flexibility index (Phi) is 4.04. The van der Waals surface area contributed by atoms with E-state index >= 15 is 0 Å². The fourth-order valence-corrected chi connectivity index (χ4v) is 2.34. The van der Waals surface area contributed by atoms with Gasteiger partial charge in [-0.1, -0.05) is 13.8 Å². The summed E-state index contributed by atoms with van der Waals surface area (Å²) in [5, 5.41) is 0. The maximum atomic E-state index is 5.39. The van der Waals surface area contributed by atoms with Gasteiger partial charge in [-0.2, -0.15) is 15.0 Å². The molecule has 1 aromatic rings. The molecule has 1 aliphatic heterocycles. The van der Waals surface area contributed by atoms with Crippen molar-refractivity contribution < 1.29 is 4.74 Å². The molecule has 0 atom stereocenters. The maximum Gasteiger partial charge on any atom is 0.323 e. The van der Waals surface area contributed by atoms with Gasteiger partial charge in [0.1, 0.15) is 0 Å². The number of aromatic nitrogens is 3. The van der Waals surface area contributed by atoms with E-state index in [1.807, 2.05) is 6.92 Å². The van der Waals surface area contributed by atoms with Crippen molar-refractivity contribution in [2.24, 2.45) is 11.3 Å². The van der Waals surface area contributed by atoms with E-state index in [0.29, 0.717) is 24.5 Å². The molecule has 1 saturated heterocycles. The second kappa shape index (κ2) is 5.56. The molecule has 0 unspecified atom stereocenters. The summed E-state index contributed by atoms with van der Waals surface area (Å²) in [6, 6.07) is 0.309. The van der Waals surface area contributed by atoms with Gasteiger partial charge in [0.2, 0.25) is 11.9 Å². The first kappa shape index (κ1) is 13.8. The standard InChI is InChI=1S/C12H22N6O/c1-4-19-11-15-9(17-13)14-10(16-11)18-7-5-6-12(2,3)8-18/h4-8,13H2,1-3H3,(H,14,15,16,17). The molecule has 7 nitrogen and oxygen atoms in total. The minimum absolute atomic E-state index is 0.271. The molecule has 0 bridgehead atoms. The van der Waals surface area contributed by atoms with E-state index in [1.165, 1.54) is 6.42 Å². The lowest BCUT2D eigenvalue weighted by atomic mass is 9.84. The number of nitrogens with one attached hydrogen (secondary N) is 1. The number of nitrogens with two attached hydrogens (primary N) is 1. The topological polar surface area (TPSA) is 89.2 Å². The highest BCUT2D eigenvalue weighted by Crippen LogP contribution is 2.30. The van der Waals surface area contributed by atoms with Crippen molar-refractivity contribution in [3.8, 4) is 6.01 Å². The molecule has 2 rings (SSSR count). The molecule has 0 saturated carbocycles. The Morgan fingerprint density at radius 1 is 1.37 bits per heavy atom. The molecule has 0 amide bonds. The highest BCUT2D eigenvalue weighted by Gasteiger charge is 2.28. The fraction of sp³-hybridized carbons (Fsp3) is 0.750. The predicted molar refractivity (Wildman–Crippen MR) is 74.0 cm³/mol. The van der Waals surface area contributed by atoms with Gasteiger partial charge < -0.3 is 9.64 Å². The largest absolute Gasteiger partial charge is 0.464 e. The zero-order chi connectivity index (χ0) is 13.9. The molecule has 0 aromatic carbocycles. The summed E-state index contributed by atoms with van der Waals surface area (Å²) in [7, 11) is 0. The molecule has 3 N–H and O–H groups in total. The Balaban J connectivity index is 2.25. The highest BCUT2D eigenvalue weighted by molar-refractivity contribution is 5.38. The van der Waals surface area contributed by atoms with Crippen LogP contribution in [0.1, 0.15) is 33.6 Å². The van der Waals surface area contributed by atoms with Gasteiger partial charge in [-0.3, -0.25) is 5.43 Å². The third kappa shape index (κ3) is 3.44. The van der Waals surface area contributed by atoms with E-state index in [-0.39, 0.29) is 5.41 Å². The predicted octanol–water partition coefficient (Wildman–Crippen LogP) is 1.18. The lowest BCUT2D eigenvalue weighted by Crippen LogP contribution is -2.41. The molecular formula is C12H22N6O. The number of nitrogens with zero attached hydrogens (tertiary/aromatic N) is 4. The molecule has 0 radical (unpaired) electrons. The van der Waals surface area contributed by atoms with Gasteiger partial charge in [0.15, 0.2) is 0 Å². The lowest BCUT2D eigenvalue weighted by molar-refractivity contribution is 0.287. The number of anilines is 2. The van der Waals surface area contributed by atoms with Crippen LogP contribution in [0.3, 0.4) is 0 Å². The van der Waals surface area contributed by atoms with Crippen LogP contribution in [-0.4, -0.2) is 34.6 Å². The van der Waals surface area contributed by atoms with Crippen molar-refractivity contribution in [3.05, 3.63) is 0 Å². The van der Waals surface area contributed by atoms with Crippen LogP contribution >= 0.6 is 0 Å². The number of piperidine rings is 1. The summed E-state index contributed by atoms with van der Waals surface area (Å²) in [5.41, 5.74) is 2.73. The summed E-state index contributed by atoms with van der Waals surface area (Å²) in [4.78, 5) is 14.9. The highest BCUT2D eigenvalue weighted by atomic mass is 16.5. The van der Waals surface area contributed by atoms with E-state index in [2.05, 4.69) is 39.1 Å². The Morgan fingerprint density at radius 2 is 2.16 bits per heavy atom. The van der Waals surface area contributed by atoms with Crippen LogP contribution in [0.4, 0.5) is 11.9 Å². The number of hydrogen-bond acceptors (Lipinski definition) is 7. The third-order valence-electron chi connectivity index (χ3n) is 3.19. The Labute approximate surface area is 113 Å². The molecule has 1 aliphatic rings. The maximum absolute atomic E-state index is 5.39. The Bertz CT molecular complexity index is 436. The van der Waals surface area contributed by atoms with Crippen molar-refractivity contribution in [1.29, 1.82) is 0 Å². The molecular weight excluding hydrogens is 244 g/mol. The zero-order valence-corrected chi connectivity index (χ0v) is 11.8. The first-order valence-electron chi connectivity index (χ1n) is 6.64. The van der Waals surface area contributed by atoms with Crippen molar-refractivity contribution in [2.75, 3.05) is 30.0 Å². The van der Waals surface area contributed by atoms with Crippen LogP contribution in [0.25, 0.3) is 0 Å². The van der Waals surface area contributed by atoms with Crippen molar-refractivity contribution >= 4 is 11.9 Å². The summed E-state index contributed by atoms with van der Waals surface area (Å²) in [6.07, 6.45) is 2.35. The zero-order valence-electron chi connectivity index (χ0n) is 11.8. The van der Waals surface area contributed by atoms with Crippen molar-refractivity contribution in [2.45, 2.75) is 33.6 Å². The molecule has 19 heavy (non-hydrogen) atoms. The smallest absolute Gasteiger partial charge is 0.323 e. The number of hydrazine groups is 1. The van der Waals surface area contributed by atoms with E-state index in [1.54, 1.807) is 0 Å². The van der Waals surface area contributed by atoms with Gasteiger partial charge in [0, 0.05) is 13.1 Å². The van der Waals surface area contributed by atoms with E-state index in [4.69, 9.17) is 10.6 Å². The molecule has 2 heterocycles. The van der Waals surface area contributed by atoms with Crippen molar-refractivity contribution in [1.82, 2.24) is 15.0 Å². The average Bonchev–Trinajstić information content (AvgIpc) is 2.37. The first-order valence-corrected chi connectivity index (χ1v) is 6.64. The second-order valence-corrected chi connectivity index (χ2v) is 5.51. The molecule has 1 fully saturated rings. The van der Waals surface area contributed by atoms with Crippen LogP contribution in [-0.2, 0) is 0 Å². The number of rotatable bonds is 4. The summed E-state index contributed by atoms with van der Waals surface area (Å²) < 4.78 is 5.35. The van der Waals surface area contributed by atoms with Gasteiger partial charge in [0.05, 0.1) is 6.61 Å². The molecule has 7 heteroatoms. The van der Waals surface area contributed by atoms with Gasteiger partial charge >= 0.3 is 6.01 Å². The normalized spacial score (nSPS) is 18.2. The molecule has 1 aromatic heterocycles. The van der Waals surface area contributed by atoms with Crippen molar-refractivity contribution in [3.63, 3.8) is 0 Å². The van der Waals surface area contributed by atoms with Crippen LogP contribution < -0.4 is 20.9 Å². The molecule has 106 valence electrons. The Hall–Kier alpha value is -1.63. The van der Waals surface area contributed by atoms with E-state index in [9.17, 15) is 0 Å². The third-order valence-corrected chi connectivity index (χ3v) is 3.19. The summed E-state index contributed by atoms with van der Waals surface area (Å²) >= 11 is 0. The number of hydrogen-bond donors (Lipinski definition) is 2. The van der Waals surface area contributed by atoms with Crippen LogP contribution in [0.2, 0.25) is 0 Å². The molecule has 0 spiro atoms. The van der Waals surface area contributed by atoms with Gasteiger partial charge in [-0.15, -0.1) is 0 Å². The quantitative estimate of drug-likeness (QED) is 0.624. The van der Waals surface area contributed by atoms with E-state index < -0.39 is 0 Å². The fourth-order valence-electron chi connectivity index (χ4n) is 2.34. The monoisotopic (exact) mass is 266 g/mol. The van der Waals surface area contributed by atoms with E-state index in [0.717, 1.165) is 19.5 Å². The van der Waals surface area contributed by atoms with Gasteiger partial charge in [0.25, 0.3) is 0 Å². The minimum atomic E-state index is 0.271. The lowest BCUT2D eigenvalue weighted by Gasteiger charge is -2.38. The van der Waals surface area contributed by atoms with Crippen LogP contribution in [0.5, 0.6) is 6.01 Å². The number of nitrogen functional groups attached to an aromatic ring is 1. The Morgan fingerprint density at radius 3 is 2.79 bits per heavy atom. The van der Waals surface area contributed by atoms with Gasteiger partial charge in [-0.25, -0.2) is 5.84 Å². The summed E-state index contributed by atoms with van der Waals surface area (Å²) in [6.45, 7) is 8.79. The number of ether oxygens (including phenoxy) is 1. The van der Waals surface area contributed by atoms with Crippen LogP contribution in [0, 0.1) is 5.41 Å².